The predicted octanol–water partition coefficient (Wildman–Crippen LogP) is 4.09. The zero-order valence-electron chi connectivity index (χ0n) is 23.0. The van der Waals surface area contributed by atoms with Gasteiger partial charge in [-0.05, 0) is 74.5 Å². The van der Waals surface area contributed by atoms with Crippen LogP contribution in [0.1, 0.15) is 54.1 Å². The lowest BCUT2D eigenvalue weighted by Gasteiger charge is -2.26. The van der Waals surface area contributed by atoms with Crippen molar-refractivity contribution in [1.29, 1.82) is 0 Å². The molecule has 3 aliphatic rings. The van der Waals surface area contributed by atoms with Crippen LogP contribution in [-0.2, 0) is 14.8 Å². The molecule has 2 aromatic carbocycles. The zero-order chi connectivity index (χ0) is 29.7. The first kappa shape index (κ1) is 29.0. The van der Waals surface area contributed by atoms with Gasteiger partial charge in [0.1, 0.15) is 17.1 Å². The van der Waals surface area contributed by atoms with Crippen LogP contribution in [0.2, 0.25) is 0 Å². The second-order valence-corrected chi connectivity index (χ2v) is 13.1. The van der Waals surface area contributed by atoms with Crippen molar-refractivity contribution < 1.29 is 42.1 Å². The van der Waals surface area contributed by atoms with E-state index in [4.69, 9.17) is 9.47 Å². The largest absolute Gasteiger partial charge is 0.492 e. The Kier molecular flexibility index (Phi) is 7.60. The summed E-state index contributed by atoms with van der Waals surface area (Å²) in [5.41, 5.74) is -1.09. The Hall–Kier alpha value is -3.48. The number of halogens is 1. The third-order valence-corrected chi connectivity index (χ3v) is 9.88. The molecule has 2 N–H and O–H groups in total. The number of benzene rings is 2. The van der Waals surface area contributed by atoms with Crippen LogP contribution in [0.5, 0.6) is 5.75 Å². The van der Waals surface area contributed by atoms with Gasteiger partial charge in [-0.1, -0.05) is 18.2 Å². The molecule has 5 rings (SSSR count). The quantitative estimate of drug-likeness (QED) is 0.468. The second-order valence-electron chi connectivity index (χ2n) is 11.3. The van der Waals surface area contributed by atoms with E-state index in [1.165, 1.54) is 12.1 Å². The number of amides is 1. The van der Waals surface area contributed by atoms with Gasteiger partial charge in [0, 0.05) is 24.9 Å². The van der Waals surface area contributed by atoms with Gasteiger partial charge in [0.25, 0.3) is 10.0 Å². The third-order valence-electron chi connectivity index (χ3n) is 8.13. The topological polar surface area (TPSA) is 134 Å². The van der Waals surface area contributed by atoms with Crippen molar-refractivity contribution in [3.8, 4) is 5.75 Å². The highest BCUT2D eigenvalue weighted by atomic mass is 32.2. The Morgan fingerprint density at radius 2 is 2.02 bits per heavy atom. The van der Waals surface area contributed by atoms with Crippen LogP contribution in [0.25, 0.3) is 6.08 Å². The van der Waals surface area contributed by atoms with Gasteiger partial charge >= 0.3 is 12.1 Å². The summed E-state index contributed by atoms with van der Waals surface area (Å²) < 4.78 is 53.2. The highest BCUT2D eigenvalue weighted by Crippen LogP contribution is 2.55. The number of ether oxygens (including phenoxy) is 2. The van der Waals surface area contributed by atoms with E-state index in [-0.39, 0.29) is 33.4 Å². The van der Waals surface area contributed by atoms with Crippen LogP contribution in [0.3, 0.4) is 0 Å². The first-order valence-corrected chi connectivity index (χ1v) is 14.8. The molecular formula is C29H33FN2O8S. The lowest BCUT2D eigenvalue weighted by atomic mass is 9.90. The molecule has 0 aromatic heterocycles. The fourth-order valence-electron chi connectivity index (χ4n) is 5.71. The van der Waals surface area contributed by atoms with Gasteiger partial charge in [-0.25, -0.2) is 22.4 Å². The highest BCUT2D eigenvalue weighted by Gasteiger charge is 2.47. The summed E-state index contributed by atoms with van der Waals surface area (Å²) in [6.45, 7) is 5.65. The fourth-order valence-corrected chi connectivity index (χ4v) is 7.25. The maximum absolute atomic E-state index is 14.3. The minimum atomic E-state index is -4.80. The fraction of sp³-hybridized carbons (Fsp3) is 0.448. The smallest absolute Gasteiger partial charge is 0.428 e. The van der Waals surface area contributed by atoms with Crippen molar-refractivity contribution in [2.24, 2.45) is 11.8 Å². The number of hydrogen-bond acceptors (Lipinski definition) is 8. The lowest BCUT2D eigenvalue weighted by Crippen LogP contribution is -2.38. The van der Waals surface area contributed by atoms with Crippen molar-refractivity contribution in [3.63, 3.8) is 0 Å². The normalized spacial score (nSPS) is 22.1. The summed E-state index contributed by atoms with van der Waals surface area (Å²) in [4.78, 5) is 27.1. The molecule has 1 aliphatic carbocycles. The molecule has 3 atom stereocenters. The third kappa shape index (κ3) is 5.55. The first-order chi connectivity index (χ1) is 19.3. The standard InChI is InChI=1S/C29H33FN2O8S/c1-29(2,36)19-10-12-31(15-19)11-4-5-17-13-20(30)6-9-24(17)41(37,38)32(28(35)39-3)23-8-7-21-22-14-18(22)16-40-26(21)25(23)27(33)34/h4-9,13,18-19,22,36H,10-12,14-16H2,1-3H3,(H,33,34)/b5-4-/t18-,19-,22-/m0/s1. The van der Waals surface area contributed by atoms with E-state index in [1.807, 2.05) is 0 Å². The van der Waals surface area contributed by atoms with Crippen LogP contribution in [0.15, 0.2) is 41.3 Å². The number of hydrogen-bond donors (Lipinski definition) is 2. The number of likely N-dealkylation sites (tertiary alicyclic amines) is 1. The Bertz CT molecular complexity index is 1520. The summed E-state index contributed by atoms with van der Waals surface area (Å²) in [7, 11) is -3.82. The molecule has 10 nitrogen and oxygen atoms in total. The number of aromatic carboxylic acids is 1. The molecule has 0 bridgehead atoms. The van der Waals surface area contributed by atoms with Crippen LogP contribution in [0.4, 0.5) is 14.9 Å². The summed E-state index contributed by atoms with van der Waals surface area (Å²) in [6, 6.07) is 5.87. The van der Waals surface area contributed by atoms with Gasteiger partial charge in [0.2, 0.25) is 0 Å². The molecule has 2 aromatic rings. The van der Waals surface area contributed by atoms with Crippen molar-refractivity contribution in [2.75, 3.05) is 37.7 Å². The number of carboxylic acids is 1. The van der Waals surface area contributed by atoms with Gasteiger partial charge in [-0.3, -0.25) is 4.90 Å². The molecule has 0 spiro atoms. The van der Waals surface area contributed by atoms with E-state index in [9.17, 15) is 32.6 Å². The SMILES string of the molecule is COC(=O)N(c1ccc2c(c1C(=O)O)OC[C@@H]1C[C@H]21)S(=O)(=O)c1ccc(F)cc1/C=C\CN1CC[C@H](C(C)(C)O)C1. The van der Waals surface area contributed by atoms with Gasteiger partial charge in [-0.15, -0.1) is 0 Å². The molecule has 1 amide bonds. The number of rotatable bonds is 8. The highest BCUT2D eigenvalue weighted by molar-refractivity contribution is 7.93. The molecule has 0 radical (unpaired) electrons. The Labute approximate surface area is 238 Å². The van der Waals surface area contributed by atoms with Gasteiger partial charge in [0.05, 0.1) is 29.9 Å². The number of carbonyl (C=O) groups is 2. The number of sulfonamides is 1. The number of fused-ring (bicyclic) bond motifs is 3. The Morgan fingerprint density at radius 1 is 1.27 bits per heavy atom. The van der Waals surface area contributed by atoms with E-state index >= 15 is 0 Å². The molecule has 2 aliphatic heterocycles. The van der Waals surface area contributed by atoms with Crippen LogP contribution in [0, 0.1) is 17.7 Å². The van der Waals surface area contributed by atoms with Crippen LogP contribution >= 0.6 is 0 Å². The molecule has 1 saturated carbocycles. The zero-order valence-corrected chi connectivity index (χ0v) is 23.9. The number of anilines is 1. The van der Waals surface area contributed by atoms with Gasteiger partial charge in [-0.2, -0.15) is 4.31 Å². The summed E-state index contributed by atoms with van der Waals surface area (Å²) in [5, 5.41) is 20.4. The summed E-state index contributed by atoms with van der Waals surface area (Å²) in [6.07, 6.45) is 3.45. The van der Waals surface area contributed by atoms with Gasteiger partial charge < -0.3 is 19.7 Å². The molecule has 2 fully saturated rings. The molecule has 2 heterocycles. The van der Waals surface area contributed by atoms with Gasteiger partial charge in [0.15, 0.2) is 0 Å². The molecule has 41 heavy (non-hydrogen) atoms. The predicted molar refractivity (Wildman–Crippen MR) is 148 cm³/mol. The van der Waals surface area contributed by atoms with E-state index in [2.05, 4.69) is 4.90 Å². The number of nitrogens with zero attached hydrogens (tertiary/aromatic N) is 2. The molecule has 1 saturated heterocycles. The molecule has 0 unspecified atom stereocenters. The van der Waals surface area contributed by atoms with Crippen LogP contribution < -0.4 is 9.04 Å². The number of aliphatic hydroxyl groups is 1. The second kappa shape index (κ2) is 10.7. The lowest BCUT2D eigenvalue weighted by molar-refractivity contribution is 0.0215. The number of carbonyl (C=O) groups excluding carboxylic acids is 1. The van der Waals surface area contributed by atoms with E-state index in [1.54, 1.807) is 26.0 Å². The van der Waals surface area contributed by atoms with Crippen molar-refractivity contribution >= 4 is 33.8 Å². The van der Waals surface area contributed by atoms with E-state index in [0.717, 1.165) is 44.7 Å². The summed E-state index contributed by atoms with van der Waals surface area (Å²) >= 11 is 0. The number of methoxy groups -OCH3 is 1. The maximum atomic E-state index is 14.3. The minimum absolute atomic E-state index is 0.0240. The molecule has 12 heteroatoms. The minimum Gasteiger partial charge on any atom is -0.492 e. The van der Waals surface area contributed by atoms with Crippen LogP contribution in [-0.4, -0.2) is 74.5 Å². The van der Waals surface area contributed by atoms with E-state index in [0.29, 0.717) is 25.3 Å². The number of carboxylic acid groups (broad SMARTS) is 1. The summed E-state index contributed by atoms with van der Waals surface area (Å²) in [5.74, 6) is -1.63. The average molecular weight is 589 g/mol. The van der Waals surface area contributed by atoms with Crippen molar-refractivity contribution in [2.45, 2.75) is 43.1 Å². The molecule has 220 valence electrons. The first-order valence-electron chi connectivity index (χ1n) is 13.4. The Morgan fingerprint density at radius 3 is 2.68 bits per heavy atom. The monoisotopic (exact) mass is 588 g/mol. The molecular weight excluding hydrogens is 555 g/mol. The average Bonchev–Trinajstić information content (AvgIpc) is 3.54. The van der Waals surface area contributed by atoms with E-state index < -0.39 is 49.7 Å². The Balaban J connectivity index is 1.52. The van der Waals surface area contributed by atoms with Crippen molar-refractivity contribution in [3.05, 3.63) is 58.9 Å². The van der Waals surface area contributed by atoms with Crippen molar-refractivity contribution in [1.82, 2.24) is 4.90 Å². The maximum Gasteiger partial charge on any atom is 0.428 e.